The van der Waals surface area contributed by atoms with Crippen LogP contribution in [0.25, 0.3) is 0 Å². The average Bonchev–Trinajstić information content (AvgIpc) is 2.35. The Morgan fingerprint density at radius 3 is 2.45 bits per heavy atom. The van der Waals surface area contributed by atoms with Crippen LogP contribution in [0.3, 0.4) is 0 Å². The lowest BCUT2D eigenvalue weighted by Crippen LogP contribution is -2.76. The number of ether oxygens (including phenoxy) is 2. The highest BCUT2D eigenvalue weighted by molar-refractivity contribution is 5.15. The van der Waals surface area contributed by atoms with Gasteiger partial charge in [-0.3, -0.25) is 9.64 Å². The van der Waals surface area contributed by atoms with Gasteiger partial charge in [-0.1, -0.05) is 13.8 Å². The zero-order valence-electron chi connectivity index (χ0n) is 13.9. The molecule has 130 valence electrons. The molecule has 6 heteroatoms. The van der Waals surface area contributed by atoms with Gasteiger partial charge in [-0.2, -0.15) is 0 Å². The maximum Gasteiger partial charge on any atom is 0.522 e. The minimum absolute atomic E-state index is 0.00345. The Hall–Kier alpha value is -0.330. The summed E-state index contributed by atoms with van der Waals surface area (Å²) in [6.45, 7) is 8.25. The Labute approximate surface area is 131 Å². The molecule has 0 amide bonds. The molecule has 0 aromatic heterocycles. The lowest BCUT2D eigenvalue weighted by molar-refractivity contribution is -0.329. The number of hydrogen-bond donors (Lipinski definition) is 0. The van der Waals surface area contributed by atoms with E-state index in [4.69, 9.17) is 4.74 Å². The summed E-state index contributed by atoms with van der Waals surface area (Å²) in [5.41, 5.74) is 0.00345. The second kappa shape index (κ2) is 6.65. The number of halogens is 3. The minimum atomic E-state index is -4.58. The van der Waals surface area contributed by atoms with Gasteiger partial charge >= 0.3 is 6.36 Å². The summed E-state index contributed by atoms with van der Waals surface area (Å²) in [7, 11) is 0. The molecule has 1 saturated carbocycles. The summed E-state index contributed by atoms with van der Waals surface area (Å²) in [4.78, 5) is 2.53. The van der Waals surface area contributed by atoms with Crippen LogP contribution >= 0.6 is 0 Å². The Morgan fingerprint density at radius 2 is 1.91 bits per heavy atom. The van der Waals surface area contributed by atoms with Crippen molar-refractivity contribution in [1.82, 2.24) is 4.90 Å². The molecular weight excluding hydrogens is 295 g/mol. The predicted molar refractivity (Wildman–Crippen MR) is 78.5 cm³/mol. The minimum Gasteiger partial charge on any atom is -0.374 e. The Bertz CT molecular complexity index is 375. The zero-order chi connectivity index (χ0) is 16.5. The van der Waals surface area contributed by atoms with Crippen LogP contribution < -0.4 is 0 Å². The van der Waals surface area contributed by atoms with Crippen LogP contribution in [0.5, 0.6) is 0 Å². The number of nitrogens with zero attached hydrogens (tertiary/aromatic N) is 1. The van der Waals surface area contributed by atoms with Crippen LogP contribution in [0, 0.1) is 5.92 Å². The van der Waals surface area contributed by atoms with Crippen LogP contribution in [0.15, 0.2) is 0 Å². The van der Waals surface area contributed by atoms with E-state index in [2.05, 4.69) is 37.3 Å². The molecule has 2 saturated heterocycles. The quantitative estimate of drug-likeness (QED) is 0.662. The number of piperidine rings is 1. The van der Waals surface area contributed by atoms with Crippen molar-refractivity contribution in [2.24, 2.45) is 5.92 Å². The third-order valence-electron chi connectivity index (χ3n) is 5.07. The van der Waals surface area contributed by atoms with E-state index in [1.807, 2.05) is 0 Å². The van der Waals surface area contributed by atoms with E-state index in [9.17, 15) is 13.2 Å². The van der Waals surface area contributed by atoms with Gasteiger partial charge in [0, 0.05) is 17.6 Å². The first kappa shape index (κ1) is 18.0. The molecule has 0 N–H and O–H groups in total. The van der Waals surface area contributed by atoms with Crippen molar-refractivity contribution < 1.29 is 22.6 Å². The molecule has 0 radical (unpaired) electrons. The molecule has 2 aliphatic heterocycles. The molecular formula is C16H28F3NO2. The molecule has 3 fully saturated rings. The third kappa shape index (κ3) is 3.60. The summed E-state index contributed by atoms with van der Waals surface area (Å²) < 4.78 is 45.7. The number of hydrogen-bond acceptors (Lipinski definition) is 3. The highest BCUT2D eigenvalue weighted by atomic mass is 19.4. The van der Waals surface area contributed by atoms with E-state index in [0.29, 0.717) is 18.0 Å². The van der Waals surface area contributed by atoms with Gasteiger partial charge in [-0.05, 0) is 45.4 Å². The standard InChI is InChI=1S/C16H28F3NO2/c1-5-14(21-6-7-22-16(17,18)19)15-9-12(4)8-13(10-15)20(15)11(2)3/h11-14H,5-10H2,1-4H3. The van der Waals surface area contributed by atoms with Crippen molar-refractivity contribution in [3.8, 4) is 0 Å². The van der Waals surface area contributed by atoms with Gasteiger partial charge in [0.15, 0.2) is 0 Å². The molecule has 4 atom stereocenters. The van der Waals surface area contributed by atoms with Gasteiger partial charge in [-0.25, -0.2) is 0 Å². The Balaban J connectivity index is 1.96. The molecule has 0 spiro atoms. The van der Waals surface area contributed by atoms with Crippen molar-refractivity contribution >= 4 is 0 Å². The van der Waals surface area contributed by atoms with E-state index < -0.39 is 13.0 Å². The first-order valence-electron chi connectivity index (χ1n) is 8.30. The monoisotopic (exact) mass is 323 g/mol. The SMILES string of the molecule is CCC(OCCOC(F)(F)F)C12CC(C)CC(C1)N2C(C)C. The summed E-state index contributed by atoms with van der Waals surface area (Å²) in [5, 5.41) is 0. The Kier molecular flexibility index (Phi) is 5.45. The zero-order valence-corrected chi connectivity index (χ0v) is 13.9. The molecule has 1 aliphatic carbocycles. The second-order valence-electron chi connectivity index (χ2n) is 7.07. The molecule has 4 unspecified atom stereocenters. The molecule has 3 rings (SSSR count). The fourth-order valence-electron chi connectivity index (χ4n) is 4.77. The van der Waals surface area contributed by atoms with Gasteiger partial charge in [-0.15, -0.1) is 13.2 Å². The van der Waals surface area contributed by atoms with Gasteiger partial charge in [0.2, 0.25) is 0 Å². The molecule has 3 aliphatic rings. The summed E-state index contributed by atoms with van der Waals surface area (Å²) in [5.74, 6) is 0.651. The van der Waals surface area contributed by atoms with E-state index in [1.54, 1.807) is 0 Å². The number of rotatable bonds is 7. The average molecular weight is 323 g/mol. The first-order valence-corrected chi connectivity index (χ1v) is 8.30. The number of fused-ring (bicyclic) bond motifs is 2. The van der Waals surface area contributed by atoms with E-state index in [-0.39, 0.29) is 18.2 Å². The van der Waals surface area contributed by atoms with Gasteiger partial charge in [0.1, 0.15) is 0 Å². The second-order valence-corrected chi connectivity index (χ2v) is 7.07. The lowest BCUT2D eigenvalue weighted by Gasteiger charge is -2.68. The smallest absolute Gasteiger partial charge is 0.374 e. The van der Waals surface area contributed by atoms with E-state index >= 15 is 0 Å². The van der Waals surface area contributed by atoms with Gasteiger partial charge in [0.05, 0.1) is 19.3 Å². The summed E-state index contributed by atoms with van der Waals surface area (Å²) >= 11 is 0. The fourth-order valence-corrected chi connectivity index (χ4v) is 4.77. The highest BCUT2D eigenvalue weighted by Gasteiger charge is 2.60. The molecule has 2 heterocycles. The fraction of sp³-hybridized carbons (Fsp3) is 1.00. The molecule has 22 heavy (non-hydrogen) atoms. The van der Waals surface area contributed by atoms with Crippen LogP contribution in [-0.2, 0) is 9.47 Å². The normalized spacial score (nSPS) is 33.8. The topological polar surface area (TPSA) is 21.7 Å². The maximum absolute atomic E-state index is 12.0. The molecule has 0 aromatic carbocycles. The molecule has 3 nitrogen and oxygen atoms in total. The summed E-state index contributed by atoms with van der Waals surface area (Å²) in [6.07, 6.45) is -0.393. The van der Waals surface area contributed by atoms with E-state index in [1.165, 1.54) is 6.42 Å². The molecule has 0 aromatic rings. The summed E-state index contributed by atoms with van der Waals surface area (Å²) in [6, 6.07) is 1.04. The van der Waals surface area contributed by atoms with Crippen molar-refractivity contribution in [2.45, 2.75) is 83.5 Å². The first-order chi connectivity index (χ1) is 10.2. The van der Waals surface area contributed by atoms with Gasteiger partial charge < -0.3 is 4.74 Å². The van der Waals surface area contributed by atoms with E-state index in [0.717, 1.165) is 19.3 Å². The van der Waals surface area contributed by atoms with Crippen molar-refractivity contribution in [2.75, 3.05) is 13.2 Å². The third-order valence-corrected chi connectivity index (χ3v) is 5.07. The van der Waals surface area contributed by atoms with Gasteiger partial charge in [0.25, 0.3) is 0 Å². The maximum atomic E-state index is 12.0. The van der Waals surface area contributed by atoms with Crippen LogP contribution in [0.2, 0.25) is 0 Å². The predicted octanol–water partition coefficient (Wildman–Crippen LogP) is 3.97. The number of alkyl halides is 3. The Morgan fingerprint density at radius 1 is 1.23 bits per heavy atom. The van der Waals surface area contributed by atoms with Crippen LogP contribution in [-0.4, -0.2) is 48.2 Å². The largest absolute Gasteiger partial charge is 0.522 e. The van der Waals surface area contributed by atoms with Crippen LogP contribution in [0.4, 0.5) is 13.2 Å². The van der Waals surface area contributed by atoms with Crippen molar-refractivity contribution in [1.29, 1.82) is 0 Å². The van der Waals surface area contributed by atoms with Crippen molar-refractivity contribution in [3.05, 3.63) is 0 Å². The van der Waals surface area contributed by atoms with Crippen molar-refractivity contribution in [3.63, 3.8) is 0 Å². The highest BCUT2D eigenvalue weighted by Crippen LogP contribution is 2.53. The lowest BCUT2D eigenvalue weighted by atomic mass is 9.60. The van der Waals surface area contributed by atoms with Crippen LogP contribution in [0.1, 0.15) is 53.4 Å². The molecule has 2 bridgehead atoms.